The standard InChI is InChI=1S/C21H22F3N3O/c1-13-16(4-3-5-18(13)21(22,23)24)12-17-14(2)26-27-9-6-19(25-20(17)27)15-7-10-28-11-8-15/h3-6,9,15H,7-8,10-12H2,1-2H3. The van der Waals surface area contributed by atoms with Crippen LogP contribution >= 0.6 is 0 Å². The fraction of sp³-hybridized carbons (Fsp3) is 0.429. The predicted octanol–water partition coefficient (Wildman–Crippen LogP) is 4.85. The first-order chi connectivity index (χ1) is 13.3. The summed E-state index contributed by atoms with van der Waals surface area (Å²) in [6, 6.07) is 6.32. The molecule has 1 saturated heterocycles. The SMILES string of the molecule is Cc1nn2ccc(C3CCOCC3)nc2c1Cc1cccc(C(F)(F)F)c1C. The molecule has 0 bridgehead atoms. The van der Waals surface area contributed by atoms with E-state index in [1.807, 2.05) is 19.2 Å². The molecule has 0 amide bonds. The fourth-order valence-corrected chi connectivity index (χ4v) is 3.90. The zero-order valence-electron chi connectivity index (χ0n) is 15.9. The molecule has 7 heteroatoms. The summed E-state index contributed by atoms with van der Waals surface area (Å²) in [7, 11) is 0. The van der Waals surface area contributed by atoms with E-state index in [0.29, 0.717) is 17.9 Å². The van der Waals surface area contributed by atoms with Crippen molar-refractivity contribution in [2.45, 2.75) is 45.2 Å². The van der Waals surface area contributed by atoms with Crippen molar-refractivity contribution >= 4 is 5.65 Å². The smallest absolute Gasteiger partial charge is 0.381 e. The number of halogens is 3. The van der Waals surface area contributed by atoms with Gasteiger partial charge in [0.25, 0.3) is 0 Å². The van der Waals surface area contributed by atoms with E-state index in [4.69, 9.17) is 9.72 Å². The van der Waals surface area contributed by atoms with Gasteiger partial charge in [0.05, 0.1) is 11.3 Å². The van der Waals surface area contributed by atoms with Gasteiger partial charge in [-0.2, -0.15) is 18.3 Å². The van der Waals surface area contributed by atoms with Crippen LogP contribution in [0.5, 0.6) is 0 Å². The lowest BCUT2D eigenvalue weighted by molar-refractivity contribution is -0.138. The van der Waals surface area contributed by atoms with Gasteiger partial charge in [-0.3, -0.25) is 0 Å². The summed E-state index contributed by atoms with van der Waals surface area (Å²) in [4.78, 5) is 4.84. The number of nitrogens with zero attached hydrogens (tertiary/aromatic N) is 3. The zero-order chi connectivity index (χ0) is 19.9. The first-order valence-electron chi connectivity index (χ1n) is 9.43. The van der Waals surface area contributed by atoms with Crippen molar-refractivity contribution in [3.63, 3.8) is 0 Å². The Kier molecular flexibility index (Phi) is 4.87. The topological polar surface area (TPSA) is 39.4 Å². The van der Waals surface area contributed by atoms with Crippen molar-refractivity contribution in [1.29, 1.82) is 0 Å². The molecular formula is C21H22F3N3O. The lowest BCUT2D eigenvalue weighted by atomic mass is 9.95. The van der Waals surface area contributed by atoms with Gasteiger partial charge in [0.15, 0.2) is 5.65 Å². The van der Waals surface area contributed by atoms with E-state index in [0.717, 1.165) is 54.7 Å². The number of alkyl halides is 3. The Labute approximate surface area is 161 Å². The van der Waals surface area contributed by atoms with Crippen LogP contribution in [0.1, 0.15) is 52.4 Å². The number of rotatable bonds is 3. The molecular weight excluding hydrogens is 367 g/mol. The molecule has 1 aliphatic heterocycles. The summed E-state index contributed by atoms with van der Waals surface area (Å²) in [6.07, 6.45) is -0.237. The van der Waals surface area contributed by atoms with Gasteiger partial charge in [-0.25, -0.2) is 9.50 Å². The average Bonchev–Trinajstić information content (AvgIpc) is 2.98. The van der Waals surface area contributed by atoms with E-state index in [1.165, 1.54) is 13.0 Å². The molecule has 0 spiro atoms. The van der Waals surface area contributed by atoms with E-state index in [9.17, 15) is 13.2 Å². The highest BCUT2D eigenvalue weighted by molar-refractivity contribution is 5.53. The molecule has 0 radical (unpaired) electrons. The Morgan fingerprint density at radius 2 is 1.89 bits per heavy atom. The minimum atomic E-state index is -4.36. The second kappa shape index (κ2) is 7.20. The van der Waals surface area contributed by atoms with Gasteiger partial charge in [0.1, 0.15) is 0 Å². The van der Waals surface area contributed by atoms with Gasteiger partial charge in [0.2, 0.25) is 0 Å². The summed E-state index contributed by atoms with van der Waals surface area (Å²) < 4.78 is 46.9. The molecule has 1 fully saturated rings. The number of fused-ring (bicyclic) bond motifs is 1. The normalized spacial score (nSPS) is 16.0. The molecule has 4 rings (SSSR count). The second-order valence-corrected chi connectivity index (χ2v) is 7.34. The number of aryl methyl sites for hydroxylation is 1. The third-order valence-electron chi connectivity index (χ3n) is 5.56. The van der Waals surface area contributed by atoms with E-state index < -0.39 is 11.7 Å². The van der Waals surface area contributed by atoms with Crippen molar-refractivity contribution in [1.82, 2.24) is 14.6 Å². The second-order valence-electron chi connectivity index (χ2n) is 7.34. The quantitative estimate of drug-likeness (QED) is 0.643. The van der Waals surface area contributed by atoms with Gasteiger partial charge in [-0.05, 0) is 49.9 Å². The molecule has 1 aliphatic rings. The Morgan fingerprint density at radius 3 is 2.61 bits per heavy atom. The highest BCUT2D eigenvalue weighted by Gasteiger charge is 2.33. The lowest BCUT2D eigenvalue weighted by Gasteiger charge is -2.21. The van der Waals surface area contributed by atoms with Gasteiger partial charge in [0, 0.05) is 43.0 Å². The first-order valence-corrected chi connectivity index (χ1v) is 9.43. The van der Waals surface area contributed by atoms with Crippen molar-refractivity contribution in [3.8, 4) is 0 Å². The van der Waals surface area contributed by atoms with Crippen molar-refractivity contribution in [3.05, 3.63) is 64.1 Å². The van der Waals surface area contributed by atoms with E-state index >= 15 is 0 Å². The number of hydrogen-bond donors (Lipinski definition) is 0. The fourth-order valence-electron chi connectivity index (χ4n) is 3.90. The molecule has 148 valence electrons. The molecule has 0 saturated carbocycles. The molecule has 3 heterocycles. The van der Waals surface area contributed by atoms with E-state index in [2.05, 4.69) is 5.10 Å². The maximum absolute atomic E-state index is 13.3. The van der Waals surface area contributed by atoms with Crippen LogP contribution in [0.4, 0.5) is 13.2 Å². The lowest BCUT2D eigenvalue weighted by Crippen LogP contribution is -2.15. The van der Waals surface area contributed by atoms with Gasteiger partial charge >= 0.3 is 6.18 Å². The van der Waals surface area contributed by atoms with Gasteiger partial charge in [-0.15, -0.1) is 0 Å². The Balaban J connectivity index is 1.74. The maximum atomic E-state index is 13.3. The molecule has 0 aliphatic carbocycles. The molecule has 0 unspecified atom stereocenters. The molecule has 28 heavy (non-hydrogen) atoms. The Morgan fingerprint density at radius 1 is 1.14 bits per heavy atom. The Bertz CT molecular complexity index is 1000. The minimum Gasteiger partial charge on any atom is -0.381 e. The highest BCUT2D eigenvalue weighted by atomic mass is 19.4. The van der Waals surface area contributed by atoms with Crippen LogP contribution < -0.4 is 0 Å². The zero-order valence-corrected chi connectivity index (χ0v) is 15.9. The average molecular weight is 389 g/mol. The third-order valence-corrected chi connectivity index (χ3v) is 5.56. The molecule has 3 aromatic rings. The number of ether oxygens (including phenoxy) is 1. The Hall–Kier alpha value is -2.41. The van der Waals surface area contributed by atoms with Crippen LogP contribution in [-0.4, -0.2) is 27.8 Å². The summed E-state index contributed by atoms with van der Waals surface area (Å²) in [5.74, 6) is 0.345. The highest BCUT2D eigenvalue weighted by Crippen LogP contribution is 2.34. The molecule has 0 atom stereocenters. The predicted molar refractivity (Wildman–Crippen MR) is 99.5 cm³/mol. The van der Waals surface area contributed by atoms with Crippen LogP contribution in [0.15, 0.2) is 30.5 Å². The largest absolute Gasteiger partial charge is 0.416 e. The van der Waals surface area contributed by atoms with Gasteiger partial charge < -0.3 is 4.74 Å². The summed E-state index contributed by atoms with van der Waals surface area (Å²) >= 11 is 0. The summed E-state index contributed by atoms with van der Waals surface area (Å²) in [5.41, 5.74) is 3.69. The maximum Gasteiger partial charge on any atom is 0.416 e. The molecule has 2 aromatic heterocycles. The van der Waals surface area contributed by atoms with Gasteiger partial charge in [-0.1, -0.05) is 12.1 Å². The van der Waals surface area contributed by atoms with Crippen LogP contribution in [0.2, 0.25) is 0 Å². The first kappa shape index (κ1) is 18.9. The third kappa shape index (κ3) is 3.51. The summed E-state index contributed by atoms with van der Waals surface area (Å²) in [5, 5.41) is 4.50. The van der Waals surface area contributed by atoms with Crippen molar-refractivity contribution < 1.29 is 17.9 Å². The van der Waals surface area contributed by atoms with E-state index in [1.54, 1.807) is 10.6 Å². The van der Waals surface area contributed by atoms with E-state index in [-0.39, 0.29) is 5.56 Å². The van der Waals surface area contributed by atoms with Crippen LogP contribution in [-0.2, 0) is 17.3 Å². The number of aromatic nitrogens is 3. The molecule has 1 aromatic carbocycles. The van der Waals surface area contributed by atoms with Crippen LogP contribution in [0.3, 0.4) is 0 Å². The molecule has 4 nitrogen and oxygen atoms in total. The number of hydrogen-bond acceptors (Lipinski definition) is 3. The van der Waals surface area contributed by atoms with Crippen molar-refractivity contribution in [2.75, 3.05) is 13.2 Å². The van der Waals surface area contributed by atoms with Crippen molar-refractivity contribution in [2.24, 2.45) is 0 Å². The van der Waals surface area contributed by atoms with Crippen LogP contribution in [0.25, 0.3) is 5.65 Å². The minimum absolute atomic E-state index is 0.259. The monoisotopic (exact) mass is 389 g/mol. The molecule has 0 N–H and O–H groups in total. The van der Waals surface area contributed by atoms with Crippen LogP contribution in [0, 0.1) is 13.8 Å². The number of benzene rings is 1. The summed E-state index contributed by atoms with van der Waals surface area (Å²) in [6.45, 7) is 4.86.